The molecule has 6 heteroatoms. The lowest BCUT2D eigenvalue weighted by molar-refractivity contribution is -0.137. The number of carboxylic acids is 1. The summed E-state index contributed by atoms with van der Waals surface area (Å²) >= 11 is 3.28. The van der Waals surface area contributed by atoms with E-state index in [-0.39, 0.29) is 24.9 Å². The summed E-state index contributed by atoms with van der Waals surface area (Å²) in [5, 5.41) is 8.72. The van der Waals surface area contributed by atoms with Crippen LogP contribution in [0.4, 0.5) is 5.69 Å². The second-order valence-electron chi connectivity index (χ2n) is 4.51. The number of nitrogens with zero attached hydrogens (tertiary/aromatic N) is 1. The molecule has 0 spiro atoms. The van der Waals surface area contributed by atoms with Crippen molar-refractivity contribution in [3.8, 4) is 0 Å². The molecule has 5 nitrogen and oxygen atoms in total. The fraction of sp³-hybridized carbons (Fsp3) is 0.385. The summed E-state index contributed by atoms with van der Waals surface area (Å²) in [6, 6.07) is 4.89. The van der Waals surface area contributed by atoms with Gasteiger partial charge < -0.3 is 15.7 Å². The molecular weight excluding hydrogens is 312 g/mol. The first-order valence-electron chi connectivity index (χ1n) is 5.90. The second kappa shape index (κ2) is 6.56. The number of hydrogen-bond acceptors (Lipinski definition) is 3. The van der Waals surface area contributed by atoms with E-state index < -0.39 is 5.97 Å². The van der Waals surface area contributed by atoms with E-state index in [0.29, 0.717) is 11.3 Å². The number of carbonyl (C=O) groups excluding carboxylic acids is 1. The molecule has 0 aliphatic carbocycles. The summed E-state index contributed by atoms with van der Waals surface area (Å²) < 4.78 is 0.720. The van der Waals surface area contributed by atoms with Crippen LogP contribution >= 0.6 is 15.9 Å². The number of rotatable bonds is 5. The minimum Gasteiger partial charge on any atom is -0.481 e. The Hall–Kier alpha value is -1.56. The van der Waals surface area contributed by atoms with Gasteiger partial charge in [-0.3, -0.25) is 9.59 Å². The molecule has 0 aromatic heterocycles. The molecule has 1 rings (SSSR count). The second-order valence-corrected chi connectivity index (χ2v) is 5.42. The molecule has 0 saturated heterocycles. The molecule has 0 bridgehead atoms. The maximum absolute atomic E-state index is 12.4. The number of nitrogens with two attached hydrogens (primary N) is 1. The lowest BCUT2D eigenvalue weighted by Gasteiger charge is -2.26. The molecule has 1 aromatic rings. The van der Waals surface area contributed by atoms with Crippen LogP contribution in [0.25, 0.3) is 0 Å². The average molecular weight is 329 g/mol. The maximum Gasteiger partial charge on any atom is 0.305 e. The highest BCUT2D eigenvalue weighted by molar-refractivity contribution is 9.10. The first-order chi connectivity index (χ1) is 8.81. The van der Waals surface area contributed by atoms with Crippen LogP contribution in [0, 0.1) is 0 Å². The Morgan fingerprint density at radius 1 is 1.37 bits per heavy atom. The van der Waals surface area contributed by atoms with Crippen LogP contribution < -0.4 is 5.73 Å². The summed E-state index contributed by atoms with van der Waals surface area (Å²) in [5.74, 6) is -1.14. The van der Waals surface area contributed by atoms with Crippen molar-refractivity contribution in [3.63, 3.8) is 0 Å². The minimum atomic E-state index is -0.924. The summed E-state index contributed by atoms with van der Waals surface area (Å²) in [5.41, 5.74) is 6.64. The van der Waals surface area contributed by atoms with E-state index in [1.165, 1.54) is 4.90 Å². The van der Waals surface area contributed by atoms with Crippen LogP contribution in [0.5, 0.6) is 0 Å². The van der Waals surface area contributed by atoms with E-state index in [1.807, 2.05) is 13.8 Å². The molecular formula is C13H17BrN2O3. The monoisotopic (exact) mass is 328 g/mol. The number of amides is 1. The Labute approximate surface area is 120 Å². The standard InChI is InChI=1S/C13H17BrN2O3/c1-8(2)16(4-3-12(17)18)13(19)9-5-10(14)7-11(15)6-9/h5-8H,3-4,15H2,1-2H3,(H,17,18). The van der Waals surface area contributed by atoms with Gasteiger partial charge in [-0.15, -0.1) is 0 Å². The van der Waals surface area contributed by atoms with E-state index in [4.69, 9.17) is 10.8 Å². The van der Waals surface area contributed by atoms with E-state index >= 15 is 0 Å². The van der Waals surface area contributed by atoms with Crippen molar-refractivity contribution in [2.24, 2.45) is 0 Å². The van der Waals surface area contributed by atoms with Crippen molar-refractivity contribution in [1.82, 2.24) is 4.90 Å². The number of anilines is 1. The van der Waals surface area contributed by atoms with Gasteiger partial charge >= 0.3 is 5.97 Å². The van der Waals surface area contributed by atoms with E-state index in [2.05, 4.69) is 15.9 Å². The molecule has 19 heavy (non-hydrogen) atoms. The molecule has 0 atom stereocenters. The highest BCUT2D eigenvalue weighted by Crippen LogP contribution is 2.19. The fourth-order valence-corrected chi connectivity index (χ4v) is 2.22. The number of aliphatic carboxylic acids is 1. The van der Waals surface area contributed by atoms with Crippen LogP contribution in [-0.4, -0.2) is 34.5 Å². The van der Waals surface area contributed by atoms with Gasteiger partial charge in [0.05, 0.1) is 6.42 Å². The molecule has 0 fully saturated rings. The lowest BCUT2D eigenvalue weighted by Crippen LogP contribution is -2.38. The third-order valence-corrected chi connectivity index (χ3v) is 3.08. The number of carbonyl (C=O) groups is 2. The molecule has 0 aliphatic rings. The third-order valence-electron chi connectivity index (χ3n) is 2.62. The smallest absolute Gasteiger partial charge is 0.305 e. The highest BCUT2D eigenvalue weighted by atomic mass is 79.9. The largest absolute Gasteiger partial charge is 0.481 e. The van der Waals surface area contributed by atoms with Gasteiger partial charge in [0.1, 0.15) is 0 Å². The summed E-state index contributed by atoms with van der Waals surface area (Å²) in [6.45, 7) is 3.88. The van der Waals surface area contributed by atoms with Crippen molar-refractivity contribution in [2.75, 3.05) is 12.3 Å². The van der Waals surface area contributed by atoms with Gasteiger partial charge in [-0.1, -0.05) is 15.9 Å². The summed E-state index contributed by atoms with van der Waals surface area (Å²) in [4.78, 5) is 24.5. The first kappa shape index (κ1) is 15.5. The molecule has 0 unspecified atom stereocenters. The molecule has 1 amide bonds. The van der Waals surface area contributed by atoms with Crippen molar-refractivity contribution in [1.29, 1.82) is 0 Å². The van der Waals surface area contributed by atoms with Crippen LogP contribution in [0.3, 0.4) is 0 Å². The Balaban J connectivity index is 2.95. The topological polar surface area (TPSA) is 83.6 Å². The minimum absolute atomic E-state index is 0.0760. The van der Waals surface area contributed by atoms with E-state index in [1.54, 1.807) is 18.2 Å². The Morgan fingerprint density at radius 3 is 2.47 bits per heavy atom. The number of benzene rings is 1. The Bertz CT molecular complexity index is 469. The quantitative estimate of drug-likeness (QED) is 0.812. The molecule has 0 saturated carbocycles. The zero-order valence-electron chi connectivity index (χ0n) is 10.9. The highest BCUT2D eigenvalue weighted by Gasteiger charge is 2.20. The predicted octanol–water partition coefficient (Wildman–Crippen LogP) is 2.36. The molecule has 0 radical (unpaired) electrons. The SMILES string of the molecule is CC(C)N(CCC(=O)O)C(=O)c1cc(N)cc(Br)c1. The van der Waals surface area contributed by atoms with Crippen molar-refractivity contribution >= 4 is 33.5 Å². The molecule has 1 aromatic carbocycles. The molecule has 104 valence electrons. The van der Waals surface area contributed by atoms with Crippen LogP contribution in [0.1, 0.15) is 30.6 Å². The van der Waals surface area contributed by atoms with E-state index in [0.717, 1.165) is 4.47 Å². The van der Waals surface area contributed by atoms with Gasteiger partial charge in [0.25, 0.3) is 5.91 Å². The van der Waals surface area contributed by atoms with Gasteiger partial charge in [-0.2, -0.15) is 0 Å². The van der Waals surface area contributed by atoms with Gasteiger partial charge in [0.15, 0.2) is 0 Å². The number of hydrogen-bond donors (Lipinski definition) is 2. The average Bonchev–Trinajstić information content (AvgIpc) is 2.26. The van der Waals surface area contributed by atoms with Crippen LogP contribution in [0.15, 0.2) is 22.7 Å². The van der Waals surface area contributed by atoms with Gasteiger partial charge in [-0.05, 0) is 32.0 Å². The Kier molecular flexibility index (Phi) is 5.35. The Morgan fingerprint density at radius 2 is 2.00 bits per heavy atom. The number of halogens is 1. The first-order valence-corrected chi connectivity index (χ1v) is 6.69. The molecule has 3 N–H and O–H groups in total. The molecule has 0 aliphatic heterocycles. The zero-order valence-corrected chi connectivity index (χ0v) is 12.5. The zero-order chi connectivity index (χ0) is 14.6. The van der Waals surface area contributed by atoms with Gasteiger partial charge in [0.2, 0.25) is 0 Å². The third kappa shape index (κ3) is 4.55. The molecule has 0 heterocycles. The summed E-state index contributed by atoms with van der Waals surface area (Å²) in [6.07, 6.45) is -0.0760. The number of nitrogen functional groups attached to an aromatic ring is 1. The van der Waals surface area contributed by atoms with Gasteiger partial charge in [0, 0.05) is 28.3 Å². The normalized spacial score (nSPS) is 10.5. The van der Waals surface area contributed by atoms with Crippen molar-refractivity contribution < 1.29 is 14.7 Å². The van der Waals surface area contributed by atoms with Crippen molar-refractivity contribution in [2.45, 2.75) is 26.3 Å². The van der Waals surface area contributed by atoms with Gasteiger partial charge in [-0.25, -0.2) is 0 Å². The van der Waals surface area contributed by atoms with E-state index in [9.17, 15) is 9.59 Å². The summed E-state index contributed by atoms with van der Waals surface area (Å²) in [7, 11) is 0. The number of carboxylic acid groups (broad SMARTS) is 1. The van der Waals surface area contributed by atoms with Crippen LogP contribution in [-0.2, 0) is 4.79 Å². The maximum atomic E-state index is 12.4. The lowest BCUT2D eigenvalue weighted by atomic mass is 10.1. The van der Waals surface area contributed by atoms with Crippen LogP contribution in [0.2, 0.25) is 0 Å². The fourth-order valence-electron chi connectivity index (χ4n) is 1.71. The predicted molar refractivity (Wildman–Crippen MR) is 77.0 cm³/mol. The van der Waals surface area contributed by atoms with Crippen molar-refractivity contribution in [3.05, 3.63) is 28.2 Å².